The number of hydrogen-bond donors (Lipinski definition) is 1. The van der Waals surface area contributed by atoms with E-state index in [4.69, 9.17) is 0 Å². The molecule has 0 aromatic rings. The van der Waals surface area contributed by atoms with Gasteiger partial charge in [0.1, 0.15) is 0 Å². The van der Waals surface area contributed by atoms with Crippen molar-refractivity contribution in [3.8, 4) is 0 Å². The third-order valence-corrected chi connectivity index (χ3v) is 1.96. The quantitative estimate of drug-likeness (QED) is 0.539. The van der Waals surface area contributed by atoms with E-state index >= 15 is 0 Å². The first-order valence-electron chi connectivity index (χ1n) is 3.70. The predicted octanol–water partition coefficient (Wildman–Crippen LogP) is 0.783. The van der Waals surface area contributed by atoms with E-state index in [-0.39, 0.29) is 11.9 Å². The molecule has 0 spiro atoms. The van der Waals surface area contributed by atoms with Crippen LogP contribution in [0.2, 0.25) is 0 Å². The van der Waals surface area contributed by atoms with Gasteiger partial charge in [-0.2, -0.15) is 0 Å². The van der Waals surface area contributed by atoms with Crippen LogP contribution in [0.25, 0.3) is 0 Å². The van der Waals surface area contributed by atoms with Crippen LogP contribution in [-0.2, 0) is 4.79 Å². The van der Waals surface area contributed by atoms with Crippen molar-refractivity contribution in [3.63, 3.8) is 0 Å². The third-order valence-electron chi connectivity index (χ3n) is 1.96. The molecule has 1 aliphatic heterocycles. The zero-order valence-corrected chi connectivity index (χ0v) is 6.03. The molecular formula is C9H9NO. The summed E-state index contributed by atoms with van der Waals surface area (Å²) in [6.45, 7) is 0. The normalized spacial score (nSPS) is 33.3. The van der Waals surface area contributed by atoms with Gasteiger partial charge < -0.3 is 5.32 Å². The first-order chi connectivity index (χ1) is 5.36. The molecule has 1 aliphatic carbocycles. The second kappa shape index (κ2) is 2.38. The Labute approximate surface area is 65.3 Å². The Morgan fingerprint density at radius 3 is 2.91 bits per heavy atom. The van der Waals surface area contributed by atoms with Crippen molar-refractivity contribution in [1.82, 2.24) is 5.32 Å². The minimum Gasteiger partial charge on any atom is -0.345 e. The molecular weight excluding hydrogens is 138 g/mol. The van der Waals surface area contributed by atoms with Crippen LogP contribution in [-0.4, -0.2) is 11.9 Å². The van der Waals surface area contributed by atoms with Gasteiger partial charge in [0, 0.05) is 5.92 Å². The molecule has 0 aromatic heterocycles. The van der Waals surface area contributed by atoms with E-state index in [1.807, 2.05) is 24.3 Å². The van der Waals surface area contributed by atoms with Crippen LogP contribution in [0.15, 0.2) is 36.5 Å². The van der Waals surface area contributed by atoms with E-state index in [0.29, 0.717) is 5.92 Å². The van der Waals surface area contributed by atoms with Crippen LogP contribution >= 0.6 is 0 Å². The van der Waals surface area contributed by atoms with Gasteiger partial charge >= 0.3 is 0 Å². The van der Waals surface area contributed by atoms with E-state index < -0.39 is 0 Å². The largest absolute Gasteiger partial charge is 0.345 e. The summed E-state index contributed by atoms with van der Waals surface area (Å²) >= 11 is 0. The van der Waals surface area contributed by atoms with Crippen LogP contribution < -0.4 is 5.32 Å². The van der Waals surface area contributed by atoms with Gasteiger partial charge in [0.15, 0.2) is 0 Å². The van der Waals surface area contributed by atoms with Crippen LogP contribution in [0.4, 0.5) is 0 Å². The number of fused-ring (bicyclic) bond motifs is 1. The van der Waals surface area contributed by atoms with E-state index in [0.717, 1.165) is 0 Å². The second-order valence-electron chi connectivity index (χ2n) is 2.74. The Hall–Kier alpha value is -1.31. The Kier molecular flexibility index (Phi) is 1.39. The Balaban J connectivity index is 2.26. The maximum Gasteiger partial charge on any atom is 0.244 e. The summed E-state index contributed by atoms with van der Waals surface area (Å²) in [6, 6.07) is 0.178. The first-order valence-corrected chi connectivity index (χ1v) is 3.70. The molecule has 11 heavy (non-hydrogen) atoms. The topological polar surface area (TPSA) is 29.1 Å². The highest BCUT2D eigenvalue weighted by molar-refractivity contribution is 5.89. The van der Waals surface area contributed by atoms with Crippen molar-refractivity contribution in [3.05, 3.63) is 36.5 Å². The number of allylic oxidation sites excluding steroid dienone is 2. The van der Waals surface area contributed by atoms with E-state index in [9.17, 15) is 4.79 Å². The summed E-state index contributed by atoms with van der Waals surface area (Å²) in [4.78, 5) is 10.9. The zero-order chi connectivity index (χ0) is 7.68. The van der Waals surface area contributed by atoms with Crippen molar-refractivity contribution < 1.29 is 4.79 Å². The Morgan fingerprint density at radius 2 is 2.00 bits per heavy atom. The monoisotopic (exact) mass is 147 g/mol. The predicted molar refractivity (Wildman–Crippen MR) is 42.8 cm³/mol. The van der Waals surface area contributed by atoms with E-state index in [2.05, 4.69) is 11.4 Å². The zero-order valence-electron chi connectivity index (χ0n) is 6.03. The van der Waals surface area contributed by atoms with E-state index in [1.54, 1.807) is 6.08 Å². The van der Waals surface area contributed by atoms with Crippen molar-refractivity contribution in [2.75, 3.05) is 0 Å². The summed E-state index contributed by atoms with van der Waals surface area (Å²) < 4.78 is 0. The summed E-state index contributed by atoms with van der Waals surface area (Å²) in [6.07, 6.45) is 11.6. The highest BCUT2D eigenvalue weighted by Crippen LogP contribution is 2.16. The lowest BCUT2D eigenvalue weighted by molar-refractivity contribution is -0.117. The number of carbonyl (C=O) groups is 1. The maximum atomic E-state index is 10.9. The van der Waals surface area contributed by atoms with Gasteiger partial charge in [0.2, 0.25) is 5.91 Å². The smallest absolute Gasteiger partial charge is 0.244 e. The molecule has 0 aromatic carbocycles. The molecule has 1 N–H and O–H groups in total. The molecule has 0 saturated carbocycles. The van der Waals surface area contributed by atoms with Crippen molar-refractivity contribution >= 4 is 5.91 Å². The van der Waals surface area contributed by atoms with Crippen LogP contribution in [0, 0.1) is 5.92 Å². The van der Waals surface area contributed by atoms with E-state index in [1.165, 1.54) is 0 Å². The van der Waals surface area contributed by atoms with Gasteiger partial charge in [-0.3, -0.25) is 4.79 Å². The first kappa shape index (κ1) is 6.40. The van der Waals surface area contributed by atoms with Gasteiger partial charge in [-0.25, -0.2) is 0 Å². The molecule has 56 valence electrons. The SMILES string of the molecule is O=C1C=CC2C=CC=CC2N1. The highest BCUT2D eigenvalue weighted by atomic mass is 16.1. The van der Waals surface area contributed by atoms with Crippen LogP contribution in [0.3, 0.4) is 0 Å². The molecule has 1 amide bonds. The fraction of sp³-hybridized carbons (Fsp3) is 0.222. The molecule has 0 saturated heterocycles. The molecule has 2 aliphatic rings. The van der Waals surface area contributed by atoms with Gasteiger partial charge in [-0.1, -0.05) is 30.4 Å². The standard InChI is InChI=1S/C9H9NO/c11-9-6-5-7-3-1-2-4-8(7)10-9/h1-8H,(H,10,11). The maximum absolute atomic E-state index is 10.9. The minimum atomic E-state index is 0.00574. The minimum absolute atomic E-state index is 0.00574. The summed E-state index contributed by atoms with van der Waals surface area (Å²) in [7, 11) is 0. The third kappa shape index (κ3) is 1.11. The second-order valence-corrected chi connectivity index (χ2v) is 2.74. The number of amides is 1. The highest BCUT2D eigenvalue weighted by Gasteiger charge is 2.20. The van der Waals surface area contributed by atoms with Crippen LogP contribution in [0.1, 0.15) is 0 Å². The molecule has 1 heterocycles. The number of rotatable bonds is 0. The Bertz CT molecular complexity index is 263. The van der Waals surface area contributed by atoms with Gasteiger partial charge in [-0.15, -0.1) is 0 Å². The lowest BCUT2D eigenvalue weighted by atomic mass is 9.92. The average molecular weight is 147 g/mol. The number of carbonyl (C=O) groups excluding carboxylic acids is 1. The lowest BCUT2D eigenvalue weighted by Gasteiger charge is -2.25. The van der Waals surface area contributed by atoms with Crippen molar-refractivity contribution in [1.29, 1.82) is 0 Å². The fourth-order valence-electron chi connectivity index (χ4n) is 1.36. The van der Waals surface area contributed by atoms with Crippen LogP contribution in [0.5, 0.6) is 0 Å². The summed E-state index contributed by atoms with van der Waals surface area (Å²) in [5.41, 5.74) is 0. The molecule has 2 atom stereocenters. The number of nitrogens with one attached hydrogen (secondary N) is 1. The summed E-state index contributed by atoms with van der Waals surface area (Å²) in [5, 5.41) is 2.85. The lowest BCUT2D eigenvalue weighted by Crippen LogP contribution is -2.40. The van der Waals surface area contributed by atoms with Gasteiger partial charge in [0.25, 0.3) is 0 Å². The van der Waals surface area contributed by atoms with Crippen molar-refractivity contribution in [2.24, 2.45) is 5.92 Å². The molecule has 0 fully saturated rings. The average Bonchev–Trinajstić information content (AvgIpc) is 2.04. The molecule has 2 rings (SSSR count). The van der Waals surface area contributed by atoms with Gasteiger partial charge in [-0.05, 0) is 6.08 Å². The molecule has 2 heteroatoms. The molecule has 2 nitrogen and oxygen atoms in total. The van der Waals surface area contributed by atoms with Crippen molar-refractivity contribution in [2.45, 2.75) is 6.04 Å². The Morgan fingerprint density at radius 1 is 1.18 bits per heavy atom. The molecule has 0 bridgehead atoms. The fourth-order valence-corrected chi connectivity index (χ4v) is 1.36. The molecule has 2 unspecified atom stereocenters. The summed E-state index contributed by atoms with van der Waals surface area (Å²) in [5.74, 6) is 0.365. The van der Waals surface area contributed by atoms with Gasteiger partial charge in [0.05, 0.1) is 6.04 Å². The molecule has 0 radical (unpaired) electrons. The number of hydrogen-bond acceptors (Lipinski definition) is 1.